The van der Waals surface area contributed by atoms with Gasteiger partial charge < -0.3 is 14.6 Å². The first-order chi connectivity index (χ1) is 7.54. The molecule has 0 aromatic heterocycles. The summed E-state index contributed by atoms with van der Waals surface area (Å²) in [6.45, 7) is 5.73. The smallest absolute Gasteiger partial charge is 0.129 e. The monoisotopic (exact) mass is 286 g/mol. The van der Waals surface area contributed by atoms with Crippen molar-refractivity contribution in [2.24, 2.45) is 0 Å². The van der Waals surface area contributed by atoms with Crippen LogP contribution < -0.4 is 9.47 Å². The molecular weight excluding hydrogens is 272 g/mol. The summed E-state index contributed by atoms with van der Waals surface area (Å²) >= 11 is 3.22. The van der Waals surface area contributed by atoms with Gasteiger partial charge in [-0.2, -0.15) is 0 Å². The Kier molecular flexibility index (Phi) is 4.83. The predicted molar refractivity (Wildman–Crippen MR) is 67.2 cm³/mol. The van der Waals surface area contributed by atoms with Crippen LogP contribution >= 0.6 is 15.9 Å². The molecule has 88 valence electrons. The van der Waals surface area contributed by atoms with Crippen molar-refractivity contribution in [3.05, 3.63) is 34.8 Å². The Morgan fingerprint density at radius 2 is 2.25 bits per heavy atom. The molecule has 1 aromatic rings. The van der Waals surface area contributed by atoms with Crippen LogP contribution in [-0.4, -0.2) is 18.8 Å². The fourth-order valence-electron chi connectivity index (χ4n) is 1.27. The quantitative estimate of drug-likeness (QED) is 0.904. The normalized spacial score (nSPS) is 12.0. The van der Waals surface area contributed by atoms with E-state index in [1.165, 1.54) is 0 Å². The average molecular weight is 287 g/mol. The summed E-state index contributed by atoms with van der Waals surface area (Å²) in [4.78, 5) is 0. The van der Waals surface area contributed by atoms with Gasteiger partial charge in [-0.25, -0.2) is 0 Å². The molecule has 16 heavy (non-hydrogen) atoms. The second-order valence-electron chi connectivity index (χ2n) is 3.39. The number of ether oxygens (including phenoxy) is 2. The van der Waals surface area contributed by atoms with Crippen LogP contribution in [-0.2, 0) is 0 Å². The Morgan fingerprint density at radius 1 is 1.56 bits per heavy atom. The lowest BCUT2D eigenvalue weighted by Crippen LogP contribution is -2.02. The second-order valence-corrected chi connectivity index (χ2v) is 4.51. The number of benzene rings is 1. The minimum absolute atomic E-state index is 0.354. The molecule has 0 spiro atoms. The fraction of sp³-hybridized carbons (Fsp3) is 0.333. The third kappa shape index (κ3) is 3.54. The van der Waals surface area contributed by atoms with Crippen LogP contribution in [0.3, 0.4) is 0 Å². The zero-order valence-electron chi connectivity index (χ0n) is 9.37. The van der Waals surface area contributed by atoms with E-state index in [0.29, 0.717) is 18.1 Å². The first kappa shape index (κ1) is 13.1. The summed E-state index contributed by atoms with van der Waals surface area (Å²) < 4.78 is 11.4. The Morgan fingerprint density at radius 3 is 2.75 bits per heavy atom. The summed E-state index contributed by atoms with van der Waals surface area (Å²) in [7, 11) is 1.59. The van der Waals surface area contributed by atoms with Gasteiger partial charge in [0.15, 0.2) is 0 Å². The maximum atomic E-state index is 9.58. The van der Waals surface area contributed by atoms with Crippen LogP contribution in [0.5, 0.6) is 11.5 Å². The Hall–Kier alpha value is -1.00. The van der Waals surface area contributed by atoms with E-state index in [9.17, 15) is 5.11 Å². The molecule has 0 aliphatic heterocycles. The van der Waals surface area contributed by atoms with Gasteiger partial charge in [0.1, 0.15) is 18.1 Å². The van der Waals surface area contributed by atoms with E-state index in [2.05, 4.69) is 22.5 Å². The van der Waals surface area contributed by atoms with Crippen molar-refractivity contribution in [2.75, 3.05) is 13.7 Å². The van der Waals surface area contributed by atoms with E-state index in [-0.39, 0.29) is 0 Å². The van der Waals surface area contributed by atoms with E-state index < -0.39 is 6.10 Å². The SMILES string of the molecule is C=C(Br)COc1cc(OC)ccc1C(C)O. The van der Waals surface area contributed by atoms with Gasteiger partial charge >= 0.3 is 0 Å². The molecule has 1 aromatic carbocycles. The molecule has 0 saturated heterocycles. The summed E-state index contributed by atoms with van der Waals surface area (Å²) in [5.41, 5.74) is 0.731. The first-order valence-electron chi connectivity index (χ1n) is 4.86. The van der Waals surface area contributed by atoms with Gasteiger partial charge in [0.25, 0.3) is 0 Å². The molecule has 0 aliphatic rings. The van der Waals surface area contributed by atoms with Gasteiger partial charge in [-0.15, -0.1) is 0 Å². The molecule has 1 unspecified atom stereocenters. The number of hydrogen-bond donors (Lipinski definition) is 1. The maximum Gasteiger partial charge on any atom is 0.129 e. The van der Waals surface area contributed by atoms with Crippen LogP contribution in [0.1, 0.15) is 18.6 Å². The fourth-order valence-corrected chi connectivity index (χ4v) is 1.38. The van der Waals surface area contributed by atoms with E-state index in [1.54, 1.807) is 32.2 Å². The van der Waals surface area contributed by atoms with E-state index in [4.69, 9.17) is 9.47 Å². The molecule has 0 saturated carbocycles. The predicted octanol–water partition coefficient (Wildman–Crippen LogP) is 3.04. The minimum atomic E-state index is -0.579. The third-order valence-corrected chi connectivity index (χ3v) is 2.28. The highest BCUT2D eigenvalue weighted by atomic mass is 79.9. The number of hydrogen-bond acceptors (Lipinski definition) is 3. The Balaban J connectivity index is 2.95. The largest absolute Gasteiger partial charge is 0.497 e. The molecule has 0 amide bonds. The highest BCUT2D eigenvalue weighted by molar-refractivity contribution is 9.11. The molecule has 1 atom stereocenters. The Bertz CT molecular complexity index is 375. The molecule has 1 rings (SSSR count). The highest BCUT2D eigenvalue weighted by Gasteiger charge is 2.10. The Labute approximate surface area is 104 Å². The van der Waals surface area contributed by atoms with Gasteiger partial charge in [0, 0.05) is 16.1 Å². The van der Waals surface area contributed by atoms with Crippen molar-refractivity contribution in [3.63, 3.8) is 0 Å². The van der Waals surface area contributed by atoms with Crippen molar-refractivity contribution in [1.29, 1.82) is 0 Å². The van der Waals surface area contributed by atoms with Gasteiger partial charge in [0.2, 0.25) is 0 Å². The van der Waals surface area contributed by atoms with Gasteiger partial charge in [-0.3, -0.25) is 0 Å². The molecule has 0 bridgehead atoms. The molecule has 3 nitrogen and oxygen atoms in total. The van der Waals surface area contributed by atoms with Gasteiger partial charge in [-0.1, -0.05) is 22.5 Å². The number of aliphatic hydroxyl groups is 1. The molecule has 0 aliphatic carbocycles. The van der Waals surface area contributed by atoms with Crippen molar-refractivity contribution < 1.29 is 14.6 Å². The van der Waals surface area contributed by atoms with Crippen molar-refractivity contribution in [3.8, 4) is 11.5 Å². The number of methoxy groups -OCH3 is 1. The lowest BCUT2D eigenvalue weighted by molar-refractivity contribution is 0.192. The van der Waals surface area contributed by atoms with Crippen molar-refractivity contribution in [1.82, 2.24) is 0 Å². The topological polar surface area (TPSA) is 38.7 Å². The molecular formula is C12H15BrO3. The lowest BCUT2D eigenvalue weighted by Gasteiger charge is -2.14. The summed E-state index contributed by atoms with van der Waals surface area (Å²) in [6, 6.07) is 5.33. The van der Waals surface area contributed by atoms with Crippen LogP contribution in [0, 0.1) is 0 Å². The molecule has 0 radical (unpaired) electrons. The van der Waals surface area contributed by atoms with Crippen LogP contribution in [0.25, 0.3) is 0 Å². The van der Waals surface area contributed by atoms with E-state index in [0.717, 1.165) is 10.0 Å². The molecule has 0 fully saturated rings. The molecule has 0 heterocycles. The zero-order chi connectivity index (χ0) is 12.1. The van der Waals surface area contributed by atoms with E-state index >= 15 is 0 Å². The van der Waals surface area contributed by atoms with Crippen LogP contribution in [0.4, 0.5) is 0 Å². The number of aliphatic hydroxyl groups excluding tert-OH is 1. The van der Waals surface area contributed by atoms with Crippen molar-refractivity contribution >= 4 is 15.9 Å². The standard InChI is InChI=1S/C12H15BrO3/c1-8(13)7-16-12-6-10(15-3)4-5-11(12)9(2)14/h4-6,9,14H,1,7H2,2-3H3. The van der Waals surface area contributed by atoms with Crippen molar-refractivity contribution in [2.45, 2.75) is 13.0 Å². The van der Waals surface area contributed by atoms with E-state index in [1.807, 2.05) is 0 Å². The highest BCUT2D eigenvalue weighted by Crippen LogP contribution is 2.29. The first-order valence-corrected chi connectivity index (χ1v) is 5.66. The average Bonchev–Trinajstić information content (AvgIpc) is 2.25. The molecule has 4 heteroatoms. The third-order valence-electron chi connectivity index (χ3n) is 2.06. The zero-order valence-corrected chi connectivity index (χ0v) is 11.0. The van der Waals surface area contributed by atoms with Crippen LogP contribution in [0.15, 0.2) is 29.3 Å². The summed E-state index contributed by atoms with van der Waals surface area (Å²) in [6.07, 6.45) is -0.579. The summed E-state index contributed by atoms with van der Waals surface area (Å²) in [5, 5.41) is 9.58. The maximum absolute atomic E-state index is 9.58. The number of halogens is 1. The second kappa shape index (κ2) is 5.92. The summed E-state index contributed by atoms with van der Waals surface area (Å²) in [5.74, 6) is 1.30. The van der Waals surface area contributed by atoms with Gasteiger partial charge in [0.05, 0.1) is 13.2 Å². The van der Waals surface area contributed by atoms with Crippen LogP contribution in [0.2, 0.25) is 0 Å². The molecule has 1 N–H and O–H groups in total. The lowest BCUT2D eigenvalue weighted by atomic mass is 10.1. The van der Waals surface area contributed by atoms with Gasteiger partial charge in [-0.05, 0) is 19.1 Å². The minimum Gasteiger partial charge on any atom is -0.497 e. The number of rotatable bonds is 5.